The molecule has 0 unspecified atom stereocenters. The Bertz CT molecular complexity index is 482. The lowest BCUT2D eigenvalue weighted by Crippen LogP contribution is -2.29. The van der Waals surface area contributed by atoms with E-state index in [1.807, 2.05) is 6.07 Å². The Balaban J connectivity index is 1.43. The summed E-state index contributed by atoms with van der Waals surface area (Å²) in [6.45, 7) is 2.53. The molecule has 1 amide bonds. The summed E-state index contributed by atoms with van der Waals surface area (Å²) >= 11 is 0. The van der Waals surface area contributed by atoms with Crippen molar-refractivity contribution < 1.29 is 4.79 Å². The van der Waals surface area contributed by atoms with Crippen molar-refractivity contribution in [2.24, 2.45) is 0 Å². The van der Waals surface area contributed by atoms with Gasteiger partial charge >= 0.3 is 0 Å². The third-order valence-corrected chi connectivity index (χ3v) is 4.34. The van der Waals surface area contributed by atoms with Crippen LogP contribution in [-0.2, 0) is 11.2 Å². The fraction of sp³-hybridized carbons (Fsp3) is 0.550. The van der Waals surface area contributed by atoms with Gasteiger partial charge in [0, 0.05) is 19.5 Å². The molecular weight excluding hydrogens is 284 g/mol. The molecule has 1 aromatic carbocycles. The lowest BCUT2D eigenvalue weighted by atomic mass is 9.97. The predicted molar refractivity (Wildman–Crippen MR) is 96.4 cm³/mol. The molecule has 0 fully saturated rings. The Morgan fingerprint density at radius 1 is 1.00 bits per heavy atom. The summed E-state index contributed by atoms with van der Waals surface area (Å²) in [5.74, 6) is 0.155. The highest BCUT2D eigenvalue weighted by Crippen LogP contribution is 2.19. The van der Waals surface area contributed by atoms with Gasteiger partial charge in [0.1, 0.15) is 0 Å². The van der Waals surface area contributed by atoms with Gasteiger partial charge in [-0.15, -0.1) is 0 Å². The van der Waals surface area contributed by atoms with Crippen molar-refractivity contribution in [1.29, 1.82) is 0 Å². The molecule has 0 saturated heterocycles. The fourth-order valence-electron chi connectivity index (χ4n) is 2.96. The van der Waals surface area contributed by atoms with Crippen molar-refractivity contribution in [1.82, 2.24) is 10.6 Å². The number of amides is 1. The summed E-state index contributed by atoms with van der Waals surface area (Å²) in [5.41, 5.74) is 2.93. The number of nitrogens with one attached hydrogen (secondary N) is 2. The zero-order valence-electron chi connectivity index (χ0n) is 14.2. The van der Waals surface area contributed by atoms with Crippen LogP contribution in [0.4, 0.5) is 0 Å². The zero-order valence-corrected chi connectivity index (χ0v) is 14.2. The molecule has 3 nitrogen and oxygen atoms in total. The first-order valence-electron chi connectivity index (χ1n) is 9.04. The first-order chi connectivity index (χ1) is 11.3. The molecule has 0 heterocycles. The van der Waals surface area contributed by atoms with Crippen LogP contribution in [0, 0.1) is 0 Å². The number of hydrogen-bond donors (Lipinski definition) is 2. The molecule has 0 aliphatic heterocycles. The molecule has 23 heavy (non-hydrogen) atoms. The number of rotatable bonds is 10. The Hall–Kier alpha value is -1.61. The van der Waals surface area contributed by atoms with E-state index in [4.69, 9.17) is 0 Å². The van der Waals surface area contributed by atoms with Crippen LogP contribution >= 0.6 is 0 Å². The minimum absolute atomic E-state index is 0.155. The minimum Gasteiger partial charge on any atom is -0.356 e. The molecule has 2 rings (SSSR count). The van der Waals surface area contributed by atoms with E-state index >= 15 is 0 Å². The topological polar surface area (TPSA) is 41.1 Å². The average Bonchev–Trinajstić information content (AvgIpc) is 2.60. The maximum atomic E-state index is 11.8. The molecule has 1 aliphatic rings. The molecule has 0 atom stereocenters. The standard InChI is InChI=1S/C20H30N2O/c23-20(22-15-7-12-18-8-3-1-4-9-18)14-17-21-16-13-19-10-5-2-6-11-19/h1,3-4,8-10,21H,2,5-7,11-17H2,(H,22,23). The highest BCUT2D eigenvalue weighted by Gasteiger charge is 2.04. The molecule has 0 spiro atoms. The van der Waals surface area contributed by atoms with Crippen LogP contribution in [0.2, 0.25) is 0 Å². The number of aryl methyl sites for hydroxylation is 1. The van der Waals surface area contributed by atoms with E-state index in [9.17, 15) is 4.79 Å². The quantitative estimate of drug-likeness (QED) is 0.512. The SMILES string of the molecule is O=C(CCNCCC1=CCCCC1)NCCCc1ccccc1. The first kappa shape index (κ1) is 17.7. The van der Waals surface area contributed by atoms with Gasteiger partial charge in [-0.05, 0) is 57.1 Å². The van der Waals surface area contributed by atoms with E-state index in [-0.39, 0.29) is 5.91 Å². The molecule has 0 radical (unpaired) electrons. The summed E-state index contributed by atoms with van der Waals surface area (Å²) < 4.78 is 0. The van der Waals surface area contributed by atoms with Crippen LogP contribution in [0.15, 0.2) is 42.0 Å². The Kier molecular flexibility index (Phi) is 8.49. The summed E-state index contributed by atoms with van der Waals surface area (Å²) in [5, 5.41) is 6.38. The molecule has 0 bridgehead atoms. The van der Waals surface area contributed by atoms with Crippen LogP contribution in [0.25, 0.3) is 0 Å². The van der Waals surface area contributed by atoms with E-state index in [0.29, 0.717) is 6.42 Å². The van der Waals surface area contributed by atoms with Gasteiger partial charge in [-0.3, -0.25) is 4.79 Å². The fourth-order valence-corrected chi connectivity index (χ4v) is 2.96. The molecule has 2 N–H and O–H groups in total. The van der Waals surface area contributed by atoms with E-state index in [1.54, 1.807) is 5.57 Å². The lowest BCUT2D eigenvalue weighted by molar-refractivity contribution is -0.120. The molecule has 1 aliphatic carbocycles. The summed E-state index contributed by atoms with van der Waals surface area (Å²) in [6.07, 6.45) is 11.3. The second-order valence-electron chi connectivity index (χ2n) is 6.30. The number of allylic oxidation sites excluding steroid dienone is 1. The van der Waals surface area contributed by atoms with E-state index in [2.05, 4.69) is 41.0 Å². The van der Waals surface area contributed by atoms with Crippen LogP contribution in [0.5, 0.6) is 0 Å². The van der Waals surface area contributed by atoms with Crippen molar-refractivity contribution >= 4 is 5.91 Å². The number of hydrogen-bond acceptors (Lipinski definition) is 2. The maximum absolute atomic E-state index is 11.8. The van der Waals surface area contributed by atoms with Gasteiger partial charge in [0.25, 0.3) is 0 Å². The Morgan fingerprint density at radius 2 is 1.87 bits per heavy atom. The maximum Gasteiger partial charge on any atom is 0.221 e. The van der Waals surface area contributed by atoms with Crippen molar-refractivity contribution in [3.05, 3.63) is 47.5 Å². The van der Waals surface area contributed by atoms with E-state index in [0.717, 1.165) is 38.9 Å². The minimum atomic E-state index is 0.155. The Morgan fingerprint density at radius 3 is 2.65 bits per heavy atom. The summed E-state index contributed by atoms with van der Waals surface area (Å²) in [7, 11) is 0. The first-order valence-corrected chi connectivity index (χ1v) is 9.04. The van der Waals surface area contributed by atoms with Gasteiger partial charge in [0.15, 0.2) is 0 Å². The smallest absolute Gasteiger partial charge is 0.221 e. The number of carbonyl (C=O) groups excluding carboxylic acids is 1. The third-order valence-electron chi connectivity index (χ3n) is 4.34. The molecule has 1 aromatic rings. The van der Waals surface area contributed by atoms with Crippen molar-refractivity contribution in [2.75, 3.05) is 19.6 Å². The van der Waals surface area contributed by atoms with Gasteiger partial charge < -0.3 is 10.6 Å². The zero-order chi connectivity index (χ0) is 16.2. The highest BCUT2D eigenvalue weighted by atomic mass is 16.1. The van der Waals surface area contributed by atoms with Crippen molar-refractivity contribution in [2.45, 2.75) is 51.4 Å². The van der Waals surface area contributed by atoms with Crippen LogP contribution in [0.1, 0.15) is 50.5 Å². The van der Waals surface area contributed by atoms with Crippen LogP contribution < -0.4 is 10.6 Å². The third kappa shape index (κ3) is 7.98. The van der Waals surface area contributed by atoms with Gasteiger partial charge in [0.05, 0.1) is 0 Å². The average molecular weight is 314 g/mol. The number of benzene rings is 1. The van der Waals surface area contributed by atoms with Crippen molar-refractivity contribution in [3.63, 3.8) is 0 Å². The molecular formula is C20H30N2O. The molecule has 3 heteroatoms. The molecule has 0 aromatic heterocycles. The second-order valence-corrected chi connectivity index (χ2v) is 6.30. The van der Waals surface area contributed by atoms with Gasteiger partial charge in [-0.25, -0.2) is 0 Å². The van der Waals surface area contributed by atoms with Gasteiger partial charge in [0.2, 0.25) is 5.91 Å². The normalized spacial score (nSPS) is 14.3. The molecule has 126 valence electrons. The lowest BCUT2D eigenvalue weighted by Gasteiger charge is -2.12. The van der Waals surface area contributed by atoms with E-state index in [1.165, 1.54) is 31.2 Å². The summed E-state index contributed by atoms with van der Waals surface area (Å²) in [6, 6.07) is 10.4. The second kappa shape index (κ2) is 11.0. The monoisotopic (exact) mass is 314 g/mol. The molecule has 0 saturated carbocycles. The van der Waals surface area contributed by atoms with Gasteiger partial charge in [-0.1, -0.05) is 42.0 Å². The van der Waals surface area contributed by atoms with Gasteiger partial charge in [-0.2, -0.15) is 0 Å². The van der Waals surface area contributed by atoms with E-state index < -0.39 is 0 Å². The van der Waals surface area contributed by atoms with Crippen LogP contribution in [-0.4, -0.2) is 25.5 Å². The highest BCUT2D eigenvalue weighted by molar-refractivity contribution is 5.75. The van der Waals surface area contributed by atoms with Crippen molar-refractivity contribution in [3.8, 4) is 0 Å². The summed E-state index contributed by atoms with van der Waals surface area (Å²) in [4.78, 5) is 11.8. The Labute approximate surface area is 140 Å². The predicted octanol–water partition coefficient (Wildman–Crippen LogP) is 3.61. The van der Waals surface area contributed by atoms with Crippen LogP contribution in [0.3, 0.4) is 0 Å². The number of carbonyl (C=O) groups is 1. The largest absolute Gasteiger partial charge is 0.356 e.